The molecule has 0 fully saturated rings. The molecule has 3 heteroatoms. The molecule has 0 saturated carbocycles. The highest BCUT2D eigenvalue weighted by Crippen LogP contribution is 2.15. The minimum atomic E-state index is -0.414. The van der Waals surface area contributed by atoms with Gasteiger partial charge in [0, 0.05) is 12.6 Å². The normalized spacial score (nSPS) is 18.9. The highest BCUT2D eigenvalue weighted by molar-refractivity contribution is 5.04. The summed E-state index contributed by atoms with van der Waals surface area (Å²) in [6.07, 6.45) is 2.06. The van der Waals surface area contributed by atoms with Gasteiger partial charge < -0.3 is 10.2 Å². The van der Waals surface area contributed by atoms with Gasteiger partial charge in [0.2, 0.25) is 0 Å². The third-order valence-corrected chi connectivity index (χ3v) is 3.55. The van der Waals surface area contributed by atoms with Gasteiger partial charge in [0.05, 0.1) is 6.07 Å². The average Bonchev–Trinajstić information content (AvgIpc) is 2.28. The smallest absolute Gasteiger partial charge is 0.105 e. The molecule has 0 aromatic heterocycles. The van der Waals surface area contributed by atoms with Crippen molar-refractivity contribution in [1.82, 2.24) is 10.2 Å². The molecule has 94 valence electrons. The van der Waals surface area contributed by atoms with Gasteiger partial charge in [-0.2, -0.15) is 5.26 Å². The van der Waals surface area contributed by atoms with Crippen LogP contribution in [0.3, 0.4) is 0 Å². The van der Waals surface area contributed by atoms with E-state index in [4.69, 9.17) is 5.26 Å². The third-order valence-electron chi connectivity index (χ3n) is 3.55. The maximum atomic E-state index is 9.11. The predicted octanol–water partition coefficient (Wildman–Crippen LogP) is 2.24. The molecule has 0 aliphatic heterocycles. The number of hydrogen-bond donors (Lipinski definition) is 1. The van der Waals surface area contributed by atoms with E-state index in [0.29, 0.717) is 6.04 Å². The molecule has 3 unspecified atom stereocenters. The molecular formula is C13H27N3. The fourth-order valence-corrected chi connectivity index (χ4v) is 1.75. The Morgan fingerprint density at radius 3 is 2.38 bits per heavy atom. The van der Waals surface area contributed by atoms with Crippen LogP contribution in [0.4, 0.5) is 0 Å². The van der Waals surface area contributed by atoms with Crippen LogP contribution < -0.4 is 5.32 Å². The van der Waals surface area contributed by atoms with Crippen LogP contribution in [0.15, 0.2) is 0 Å². The summed E-state index contributed by atoms with van der Waals surface area (Å²) < 4.78 is 0. The first-order valence-electron chi connectivity index (χ1n) is 6.19. The van der Waals surface area contributed by atoms with Crippen LogP contribution in [0.2, 0.25) is 0 Å². The lowest BCUT2D eigenvalue weighted by Crippen LogP contribution is -2.45. The maximum Gasteiger partial charge on any atom is 0.105 e. The molecule has 0 rings (SSSR count). The zero-order chi connectivity index (χ0) is 12.8. The van der Waals surface area contributed by atoms with E-state index in [1.54, 1.807) is 0 Å². The number of nitrogens with one attached hydrogen (secondary N) is 1. The molecular weight excluding hydrogens is 198 g/mol. The SMILES string of the molecule is CCC(C)CN(C)C(C)CC(C)(C#N)NC. The molecule has 0 aromatic carbocycles. The van der Waals surface area contributed by atoms with Crippen molar-refractivity contribution in [3.05, 3.63) is 0 Å². The van der Waals surface area contributed by atoms with Gasteiger partial charge in [0.15, 0.2) is 0 Å². The quantitative estimate of drug-likeness (QED) is 0.722. The average molecular weight is 225 g/mol. The standard InChI is InChI=1S/C13H27N3/c1-7-11(2)9-16(6)12(3)8-13(4,10-14)15-5/h11-12,15H,7-9H2,1-6H3. The molecule has 1 N–H and O–H groups in total. The van der Waals surface area contributed by atoms with Gasteiger partial charge in [-0.3, -0.25) is 0 Å². The van der Waals surface area contributed by atoms with Crippen LogP contribution in [0.1, 0.15) is 40.5 Å². The van der Waals surface area contributed by atoms with Gasteiger partial charge in [-0.05, 0) is 40.3 Å². The van der Waals surface area contributed by atoms with E-state index in [2.05, 4.69) is 44.1 Å². The van der Waals surface area contributed by atoms with E-state index in [-0.39, 0.29) is 0 Å². The largest absolute Gasteiger partial charge is 0.303 e. The Bertz CT molecular complexity index is 234. The summed E-state index contributed by atoms with van der Waals surface area (Å²) >= 11 is 0. The van der Waals surface area contributed by atoms with Crippen molar-refractivity contribution in [2.24, 2.45) is 5.92 Å². The van der Waals surface area contributed by atoms with E-state index >= 15 is 0 Å². The molecule has 0 aromatic rings. The van der Waals surface area contributed by atoms with Crippen LogP contribution in [0.5, 0.6) is 0 Å². The van der Waals surface area contributed by atoms with Crippen molar-refractivity contribution in [3.8, 4) is 6.07 Å². The minimum absolute atomic E-state index is 0.414. The minimum Gasteiger partial charge on any atom is -0.303 e. The van der Waals surface area contributed by atoms with Crippen molar-refractivity contribution in [2.75, 3.05) is 20.6 Å². The molecule has 16 heavy (non-hydrogen) atoms. The molecule has 0 saturated heterocycles. The third kappa shape index (κ3) is 4.96. The summed E-state index contributed by atoms with van der Waals surface area (Å²) in [5, 5.41) is 12.2. The van der Waals surface area contributed by atoms with Crippen LogP contribution in [0.25, 0.3) is 0 Å². The molecule has 0 amide bonds. The van der Waals surface area contributed by atoms with Crippen LogP contribution in [-0.2, 0) is 0 Å². The van der Waals surface area contributed by atoms with Gasteiger partial charge in [-0.1, -0.05) is 20.3 Å². The molecule has 0 heterocycles. The van der Waals surface area contributed by atoms with Crippen molar-refractivity contribution in [3.63, 3.8) is 0 Å². The number of hydrogen-bond acceptors (Lipinski definition) is 3. The van der Waals surface area contributed by atoms with Crippen molar-refractivity contribution < 1.29 is 0 Å². The van der Waals surface area contributed by atoms with Crippen molar-refractivity contribution in [2.45, 2.75) is 52.1 Å². The molecule has 0 bridgehead atoms. The molecule has 0 aliphatic rings. The first-order chi connectivity index (χ1) is 7.38. The monoisotopic (exact) mass is 225 g/mol. The summed E-state index contributed by atoms with van der Waals surface area (Å²) in [5.74, 6) is 0.718. The molecule has 0 radical (unpaired) electrons. The van der Waals surface area contributed by atoms with E-state index in [1.165, 1.54) is 6.42 Å². The molecule has 0 aliphatic carbocycles. The fraction of sp³-hybridized carbons (Fsp3) is 0.923. The summed E-state index contributed by atoms with van der Waals surface area (Å²) in [5.41, 5.74) is -0.414. The van der Waals surface area contributed by atoms with Crippen LogP contribution in [-0.4, -0.2) is 37.1 Å². The lowest BCUT2D eigenvalue weighted by atomic mass is 9.94. The first-order valence-corrected chi connectivity index (χ1v) is 6.19. The fourth-order valence-electron chi connectivity index (χ4n) is 1.75. The van der Waals surface area contributed by atoms with Gasteiger partial charge >= 0.3 is 0 Å². The first kappa shape index (κ1) is 15.4. The van der Waals surface area contributed by atoms with E-state index in [9.17, 15) is 0 Å². The van der Waals surface area contributed by atoms with E-state index < -0.39 is 5.54 Å². The summed E-state index contributed by atoms with van der Waals surface area (Å²) in [6.45, 7) is 9.74. The Kier molecular flexibility index (Phi) is 6.62. The second kappa shape index (κ2) is 6.88. The Morgan fingerprint density at radius 2 is 2.00 bits per heavy atom. The lowest BCUT2D eigenvalue weighted by molar-refractivity contribution is 0.191. The maximum absolute atomic E-state index is 9.11. The van der Waals surface area contributed by atoms with Gasteiger partial charge in [0.1, 0.15) is 5.54 Å². The van der Waals surface area contributed by atoms with Gasteiger partial charge in [-0.25, -0.2) is 0 Å². The lowest BCUT2D eigenvalue weighted by Gasteiger charge is -2.32. The van der Waals surface area contributed by atoms with Crippen molar-refractivity contribution >= 4 is 0 Å². The summed E-state index contributed by atoms with van der Waals surface area (Å²) in [6, 6.07) is 2.77. The second-order valence-electron chi connectivity index (χ2n) is 5.20. The Balaban J connectivity index is 4.25. The Hall–Kier alpha value is -0.590. The van der Waals surface area contributed by atoms with E-state index in [0.717, 1.165) is 18.9 Å². The Morgan fingerprint density at radius 1 is 1.44 bits per heavy atom. The zero-order valence-electron chi connectivity index (χ0n) is 11.7. The highest BCUT2D eigenvalue weighted by Gasteiger charge is 2.26. The van der Waals surface area contributed by atoms with Crippen LogP contribution in [0, 0.1) is 17.2 Å². The zero-order valence-corrected chi connectivity index (χ0v) is 11.7. The number of rotatable bonds is 7. The molecule has 3 nitrogen and oxygen atoms in total. The van der Waals surface area contributed by atoms with Gasteiger partial charge in [0.25, 0.3) is 0 Å². The van der Waals surface area contributed by atoms with E-state index in [1.807, 2.05) is 14.0 Å². The predicted molar refractivity (Wildman–Crippen MR) is 69.2 cm³/mol. The summed E-state index contributed by atoms with van der Waals surface area (Å²) in [4.78, 5) is 2.35. The molecule has 3 atom stereocenters. The summed E-state index contributed by atoms with van der Waals surface area (Å²) in [7, 11) is 3.99. The second-order valence-corrected chi connectivity index (χ2v) is 5.20. The van der Waals surface area contributed by atoms with Crippen molar-refractivity contribution in [1.29, 1.82) is 5.26 Å². The number of nitrogens with zero attached hydrogens (tertiary/aromatic N) is 2. The topological polar surface area (TPSA) is 39.1 Å². The molecule has 0 spiro atoms. The highest BCUT2D eigenvalue weighted by atomic mass is 15.1. The number of nitriles is 1. The van der Waals surface area contributed by atoms with Gasteiger partial charge in [-0.15, -0.1) is 0 Å². The van der Waals surface area contributed by atoms with Crippen LogP contribution >= 0.6 is 0 Å². The Labute approximate surface area is 101 Å².